The molecule has 1 aliphatic rings. The van der Waals surface area contributed by atoms with Crippen molar-refractivity contribution in [3.05, 3.63) is 66.5 Å². The molecule has 0 radical (unpaired) electrons. The highest BCUT2D eigenvalue weighted by molar-refractivity contribution is 7.89. The number of anilines is 4. The van der Waals surface area contributed by atoms with Crippen molar-refractivity contribution in [1.82, 2.24) is 19.2 Å². The van der Waals surface area contributed by atoms with Gasteiger partial charge in [0, 0.05) is 51.5 Å². The van der Waals surface area contributed by atoms with Crippen LogP contribution in [0.4, 0.5) is 23.0 Å². The summed E-state index contributed by atoms with van der Waals surface area (Å²) < 4.78 is 26.9. The maximum atomic E-state index is 12.7. The average molecular weight is 496 g/mol. The van der Waals surface area contributed by atoms with Gasteiger partial charge in [-0.25, -0.2) is 18.4 Å². The standard InChI is InChI=1S/C25H33N7O2S/c1-3-32(4-2)35(33,34)22-12-10-21(11-13-22)29-24-23(26)25(28-19-27-24)31-16-14-30(15-17-31)18-20-8-6-5-7-9-20/h5-13,19H,3-4,14-18,26H2,1-2H3,(H,27,28,29). The normalized spacial score (nSPS) is 14.9. The molecule has 1 saturated heterocycles. The van der Waals surface area contributed by atoms with Gasteiger partial charge in [-0.3, -0.25) is 4.90 Å². The molecule has 4 rings (SSSR count). The van der Waals surface area contributed by atoms with E-state index < -0.39 is 10.0 Å². The number of hydrogen-bond donors (Lipinski definition) is 2. The zero-order valence-electron chi connectivity index (χ0n) is 20.3. The molecule has 35 heavy (non-hydrogen) atoms. The first-order valence-corrected chi connectivity index (χ1v) is 13.3. The van der Waals surface area contributed by atoms with Gasteiger partial charge in [-0.15, -0.1) is 0 Å². The van der Waals surface area contributed by atoms with Gasteiger partial charge in [0.2, 0.25) is 10.0 Å². The molecule has 0 atom stereocenters. The van der Waals surface area contributed by atoms with E-state index in [1.165, 1.54) is 16.2 Å². The van der Waals surface area contributed by atoms with E-state index in [1.807, 2.05) is 19.9 Å². The Hall–Kier alpha value is -3.21. The number of nitrogens with zero attached hydrogens (tertiary/aromatic N) is 5. The first-order valence-electron chi connectivity index (χ1n) is 11.9. The quantitative estimate of drug-likeness (QED) is 0.466. The van der Waals surface area contributed by atoms with Gasteiger partial charge in [0.05, 0.1) is 4.90 Å². The fraction of sp³-hybridized carbons (Fsp3) is 0.360. The number of hydrogen-bond acceptors (Lipinski definition) is 8. The van der Waals surface area contributed by atoms with Crippen LogP contribution in [-0.4, -0.2) is 66.9 Å². The molecule has 3 aromatic rings. The predicted octanol–water partition coefficient (Wildman–Crippen LogP) is 3.16. The Morgan fingerprint density at radius 3 is 2.23 bits per heavy atom. The van der Waals surface area contributed by atoms with Gasteiger partial charge in [-0.05, 0) is 29.8 Å². The highest BCUT2D eigenvalue weighted by Crippen LogP contribution is 2.30. The molecular weight excluding hydrogens is 462 g/mol. The molecule has 0 amide bonds. The van der Waals surface area contributed by atoms with Gasteiger partial charge >= 0.3 is 0 Å². The Morgan fingerprint density at radius 2 is 1.60 bits per heavy atom. The molecule has 3 N–H and O–H groups in total. The van der Waals surface area contributed by atoms with Crippen LogP contribution in [0.15, 0.2) is 65.8 Å². The summed E-state index contributed by atoms with van der Waals surface area (Å²) in [7, 11) is -3.50. The highest BCUT2D eigenvalue weighted by atomic mass is 32.2. The Balaban J connectivity index is 1.42. The Bertz CT molecular complexity index is 1210. The molecule has 2 heterocycles. The molecule has 10 heteroatoms. The van der Waals surface area contributed by atoms with Gasteiger partial charge in [0.25, 0.3) is 0 Å². The topological polar surface area (TPSA) is 108 Å². The van der Waals surface area contributed by atoms with Gasteiger partial charge in [0.1, 0.15) is 12.0 Å². The van der Waals surface area contributed by atoms with Crippen molar-refractivity contribution in [3.63, 3.8) is 0 Å². The number of aromatic nitrogens is 2. The molecule has 0 bridgehead atoms. The molecule has 9 nitrogen and oxygen atoms in total. The van der Waals surface area contributed by atoms with Gasteiger partial charge in [0.15, 0.2) is 11.6 Å². The van der Waals surface area contributed by atoms with E-state index in [0.29, 0.717) is 36.1 Å². The predicted molar refractivity (Wildman–Crippen MR) is 140 cm³/mol. The number of nitrogens with two attached hydrogens (primary N) is 1. The first-order chi connectivity index (χ1) is 16.9. The van der Waals surface area contributed by atoms with Crippen LogP contribution in [0.3, 0.4) is 0 Å². The summed E-state index contributed by atoms with van der Waals surface area (Å²) in [6.07, 6.45) is 1.50. The van der Waals surface area contributed by atoms with E-state index in [2.05, 4.69) is 49.4 Å². The molecule has 2 aromatic carbocycles. The lowest BCUT2D eigenvalue weighted by Crippen LogP contribution is -2.46. The van der Waals surface area contributed by atoms with Crippen molar-refractivity contribution in [1.29, 1.82) is 0 Å². The Kier molecular flexibility index (Phi) is 7.84. The number of rotatable bonds is 9. The summed E-state index contributed by atoms with van der Waals surface area (Å²) in [5, 5.41) is 3.21. The third-order valence-corrected chi connectivity index (χ3v) is 8.31. The monoisotopic (exact) mass is 495 g/mol. The molecule has 0 saturated carbocycles. The minimum Gasteiger partial charge on any atom is -0.393 e. The molecular formula is C25H33N7O2S. The van der Waals surface area contributed by atoms with Gasteiger partial charge in [-0.1, -0.05) is 44.2 Å². The minimum atomic E-state index is -3.50. The lowest BCUT2D eigenvalue weighted by molar-refractivity contribution is 0.249. The van der Waals surface area contributed by atoms with Crippen LogP contribution in [0.5, 0.6) is 0 Å². The van der Waals surface area contributed by atoms with Crippen molar-refractivity contribution in [2.24, 2.45) is 0 Å². The van der Waals surface area contributed by atoms with E-state index in [-0.39, 0.29) is 4.90 Å². The summed E-state index contributed by atoms with van der Waals surface area (Å²) in [4.78, 5) is 13.6. The van der Waals surface area contributed by atoms with Crippen molar-refractivity contribution >= 4 is 33.0 Å². The summed E-state index contributed by atoms with van der Waals surface area (Å²) >= 11 is 0. The molecule has 1 aliphatic heterocycles. The van der Waals surface area contributed by atoms with Crippen LogP contribution in [0.1, 0.15) is 19.4 Å². The zero-order valence-corrected chi connectivity index (χ0v) is 21.1. The molecule has 1 fully saturated rings. The van der Waals surface area contributed by atoms with Gasteiger partial charge in [-0.2, -0.15) is 4.31 Å². The fourth-order valence-corrected chi connectivity index (χ4v) is 5.71. The van der Waals surface area contributed by atoms with Crippen molar-refractivity contribution < 1.29 is 8.42 Å². The number of nitrogen functional groups attached to an aromatic ring is 1. The smallest absolute Gasteiger partial charge is 0.243 e. The van der Waals surface area contributed by atoms with E-state index in [4.69, 9.17) is 5.73 Å². The second-order valence-electron chi connectivity index (χ2n) is 8.45. The average Bonchev–Trinajstić information content (AvgIpc) is 2.87. The number of piperazine rings is 1. The summed E-state index contributed by atoms with van der Waals surface area (Å²) in [6.45, 7) is 8.94. The zero-order chi connectivity index (χ0) is 24.8. The highest BCUT2D eigenvalue weighted by Gasteiger charge is 2.23. The number of nitrogens with one attached hydrogen (secondary N) is 1. The van der Waals surface area contributed by atoms with Crippen LogP contribution in [0.2, 0.25) is 0 Å². The van der Waals surface area contributed by atoms with Crippen molar-refractivity contribution in [2.75, 3.05) is 55.2 Å². The van der Waals surface area contributed by atoms with Crippen molar-refractivity contribution in [3.8, 4) is 0 Å². The van der Waals surface area contributed by atoms with Gasteiger partial charge < -0.3 is 16.0 Å². The largest absolute Gasteiger partial charge is 0.393 e. The third kappa shape index (κ3) is 5.72. The summed E-state index contributed by atoms with van der Waals surface area (Å²) in [5.74, 6) is 1.21. The van der Waals surface area contributed by atoms with Crippen LogP contribution in [0, 0.1) is 0 Å². The molecule has 1 aromatic heterocycles. The molecule has 186 valence electrons. The molecule has 0 spiro atoms. The molecule has 0 unspecified atom stereocenters. The second kappa shape index (κ2) is 11.0. The Labute approximate surface area is 207 Å². The van der Waals surface area contributed by atoms with Crippen LogP contribution >= 0.6 is 0 Å². The summed E-state index contributed by atoms with van der Waals surface area (Å²) in [5.41, 5.74) is 8.94. The number of benzene rings is 2. The molecule has 0 aliphatic carbocycles. The van der Waals surface area contributed by atoms with E-state index in [1.54, 1.807) is 24.3 Å². The lowest BCUT2D eigenvalue weighted by Gasteiger charge is -2.36. The summed E-state index contributed by atoms with van der Waals surface area (Å²) in [6, 6.07) is 17.1. The minimum absolute atomic E-state index is 0.261. The maximum Gasteiger partial charge on any atom is 0.243 e. The number of sulfonamides is 1. The van der Waals surface area contributed by atoms with Crippen LogP contribution in [0.25, 0.3) is 0 Å². The van der Waals surface area contributed by atoms with Crippen molar-refractivity contribution in [2.45, 2.75) is 25.3 Å². The fourth-order valence-electron chi connectivity index (χ4n) is 4.26. The first kappa shape index (κ1) is 24.9. The van der Waals surface area contributed by atoms with Crippen LogP contribution < -0.4 is 16.0 Å². The van der Waals surface area contributed by atoms with Crippen LogP contribution in [-0.2, 0) is 16.6 Å². The van der Waals surface area contributed by atoms with E-state index in [0.717, 1.165) is 32.7 Å². The maximum absolute atomic E-state index is 12.7. The second-order valence-corrected chi connectivity index (χ2v) is 10.4. The third-order valence-electron chi connectivity index (χ3n) is 6.24. The van der Waals surface area contributed by atoms with E-state index >= 15 is 0 Å². The SMILES string of the molecule is CCN(CC)S(=O)(=O)c1ccc(Nc2ncnc(N3CCN(Cc4ccccc4)CC3)c2N)cc1. The van der Waals surface area contributed by atoms with E-state index in [9.17, 15) is 8.42 Å². The Morgan fingerprint density at radius 1 is 0.943 bits per heavy atom. The lowest BCUT2D eigenvalue weighted by atomic mass is 10.2.